The molecule has 0 saturated carbocycles. The Hall–Kier alpha value is 1.21. The van der Waals surface area contributed by atoms with E-state index in [1.807, 2.05) is 20.8 Å². The van der Waals surface area contributed by atoms with E-state index in [9.17, 15) is 56.8 Å². The van der Waals surface area contributed by atoms with Gasteiger partial charge in [0.2, 0.25) is 0 Å². The fraction of sp³-hybridized carbons (Fsp3) is 1.00. The second-order valence-electron chi connectivity index (χ2n) is 14.9. The van der Waals surface area contributed by atoms with Crippen LogP contribution >= 0.6 is 46.9 Å². The molecule has 0 heterocycles. The third-order valence-corrected chi connectivity index (χ3v) is 16.2. The molecule has 31 heteroatoms. The standard InChI is InChI=1S/3C12H28O7P2.C2H6O2.O.Ti/c3*1-3-5-7-8-9-10-12-18-21(15,16)19-20(13,14)17-11-6-4-2;3-1-2-4;;/h3*3-12H2,1-2H3,(H,13,14)(H,15,16);3-4H,1-2H2;;. The molecular formula is C38H90O24P6Ti. The molecule has 0 aromatic rings. The summed E-state index contributed by atoms with van der Waals surface area (Å²) in [4.78, 5) is 55.9. The summed E-state index contributed by atoms with van der Waals surface area (Å²) in [6.45, 7) is 11.8. The number of unbranched alkanes of at least 4 members (excludes halogenated alkanes) is 18. The van der Waals surface area contributed by atoms with Crippen LogP contribution in [0.3, 0.4) is 0 Å². The molecule has 0 saturated heterocycles. The van der Waals surface area contributed by atoms with Crippen molar-refractivity contribution in [1.82, 2.24) is 0 Å². The first kappa shape index (κ1) is 79.1. The van der Waals surface area contributed by atoms with Gasteiger partial charge in [-0.15, -0.1) is 0 Å². The molecule has 0 rings (SSSR count). The van der Waals surface area contributed by atoms with E-state index in [2.05, 4.69) is 60.8 Å². The van der Waals surface area contributed by atoms with Crippen molar-refractivity contribution >= 4 is 46.9 Å². The summed E-state index contributed by atoms with van der Waals surface area (Å²) in [6, 6.07) is 0. The van der Waals surface area contributed by atoms with Crippen LogP contribution in [0, 0.1) is 0 Å². The molecular weight excluding hydrogens is 1070 g/mol. The first-order valence-electron chi connectivity index (χ1n) is 23.8. The molecule has 69 heavy (non-hydrogen) atoms. The van der Waals surface area contributed by atoms with E-state index in [1.54, 1.807) is 0 Å². The second kappa shape index (κ2) is 52.6. The van der Waals surface area contributed by atoms with Gasteiger partial charge in [0.05, 0.1) is 52.9 Å². The molecule has 6 atom stereocenters. The molecule has 0 aliphatic heterocycles. The zero-order chi connectivity index (χ0) is 54.0. The Balaban J connectivity index is -0.000000280. The topological polar surface area (TPSA) is 364 Å². The molecule has 420 valence electrons. The average molecular weight is 1160 g/mol. The van der Waals surface area contributed by atoms with Crippen LogP contribution in [0.25, 0.3) is 0 Å². The summed E-state index contributed by atoms with van der Waals surface area (Å²) in [6.07, 6.45) is 21.9. The summed E-state index contributed by atoms with van der Waals surface area (Å²) in [5.41, 5.74) is 0. The van der Waals surface area contributed by atoms with Gasteiger partial charge in [0, 0.05) is 0 Å². The van der Waals surface area contributed by atoms with Crippen molar-refractivity contribution in [3.8, 4) is 0 Å². The molecule has 0 bridgehead atoms. The van der Waals surface area contributed by atoms with E-state index < -0.39 is 46.9 Å². The summed E-state index contributed by atoms with van der Waals surface area (Å²) in [7, 11) is -27.3. The minimum atomic E-state index is -4.56. The van der Waals surface area contributed by atoms with Crippen molar-refractivity contribution in [3.05, 3.63) is 0 Å². The molecule has 0 aromatic heterocycles. The summed E-state index contributed by atoms with van der Waals surface area (Å²) < 4.78 is 117. The normalized spacial score (nSPS) is 16.3. The van der Waals surface area contributed by atoms with Crippen molar-refractivity contribution in [1.29, 1.82) is 0 Å². The number of rotatable bonds is 43. The summed E-state index contributed by atoms with van der Waals surface area (Å²) in [5, 5.41) is 15.2. The predicted molar refractivity (Wildman–Crippen MR) is 258 cm³/mol. The third-order valence-electron chi connectivity index (χ3n) is 8.23. The van der Waals surface area contributed by atoms with Gasteiger partial charge in [-0.25, -0.2) is 27.4 Å². The Kier molecular flexibility index (Phi) is 60.3. The van der Waals surface area contributed by atoms with Crippen LogP contribution in [0.5, 0.6) is 0 Å². The molecule has 24 nitrogen and oxygen atoms in total. The van der Waals surface area contributed by atoms with Crippen LogP contribution in [-0.4, -0.2) is 92.4 Å². The Labute approximate surface area is 424 Å². The fourth-order valence-electron chi connectivity index (χ4n) is 4.69. The monoisotopic (exact) mass is 1160 g/mol. The van der Waals surface area contributed by atoms with Gasteiger partial charge in [0.15, 0.2) is 0 Å². The van der Waals surface area contributed by atoms with E-state index in [-0.39, 0.29) is 52.9 Å². The van der Waals surface area contributed by atoms with Crippen LogP contribution in [0.1, 0.15) is 196 Å². The third kappa shape index (κ3) is 67.2. The number of hydrogen-bond donors (Lipinski definition) is 8. The van der Waals surface area contributed by atoms with Crippen molar-refractivity contribution < 1.29 is 131 Å². The number of aliphatic hydroxyl groups is 2. The molecule has 0 radical (unpaired) electrons. The Morgan fingerprint density at radius 2 is 0.420 bits per heavy atom. The van der Waals surface area contributed by atoms with Crippen LogP contribution < -0.4 is 0 Å². The average Bonchev–Trinajstić information content (AvgIpc) is 3.25. The summed E-state index contributed by atoms with van der Waals surface area (Å²) in [5.74, 6) is 0. The number of phosphoric acid groups is 6. The first-order chi connectivity index (χ1) is 32.4. The van der Waals surface area contributed by atoms with E-state index in [4.69, 9.17) is 13.5 Å². The first-order valence-corrected chi connectivity index (χ1v) is 33.4. The van der Waals surface area contributed by atoms with Crippen LogP contribution in [-0.2, 0) is 91.2 Å². The van der Waals surface area contributed by atoms with Gasteiger partial charge in [-0.1, -0.05) is 157 Å². The number of phosphoric ester groups is 6. The maximum atomic E-state index is 11.5. The molecule has 0 fully saturated rings. The minimum absolute atomic E-state index is 0.00879. The van der Waals surface area contributed by atoms with E-state index in [0.29, 0.717) is 38.5 Å². The van der Waals surface area contributed by atoms with Crippen LogP contribution in [0.15, 0.2) is 0 Å². The molecule has 0 aromatic carbocycles. The van der Waals surface area contributed by atoms with Gasteiger partial charge in [-0.05, 0) is 38.5 Å². The second-order valence-corrected chi connectivity index (χ2v) is 24.0. The van der Waals surface area contributed by atoms with Gasteiger partial charge in [0.25, 0.3) is 0 Å². The van der Waals surface area contributed by atoms with Crippen molar-refractivity contribution in [3.63, 3.8) is 0 Å². The van der Waals surface area contributed by atoms with Crippen molar-refractivity contribution in [2.24, 2.45) is 0 Å². The Morgan fingerprint density at radius 3 is 0.580 bits per heavy atom. The molecule has 0 aliphatic rings. The van der Waals surface area contributed by atoms with Gasteiger partial charge < -0.3 is 39.6 Å². The van der Waals surface area contributed by atoms with E-state index in [0.717, 1.165) is 117 Å². The predicted octanol–water partition coefficient (Wildman–Crippen LogP) is 12.0. The van der Waals surface area contributed by atoms with Gasteiger partial charge in [-0.3, -0.25) is 27.1 Å². The maximum absolute atomic E-state index is 11.5. The Morgan fingerprint density at radius 1 is 0.275 bits per heavy atom. The van der Waals surface area contributed by atoms with Crippen LogP contribution in [0.4, 0.5) is 0 Å². The Bertz CT molecular complexity index is 1260. The van der Waals surface area contributed by atoms with Crippen LogP contribution in [0.2, 0.25) is 0 Å². The quantitative estimate of drug-likeness (QED) is 0.0160. The van der Waals surface area contributed by atoms with Gasteiger partial charge >= 0.3 is 70.7 Å². The van der Waals surface area contributed by atoms with E-state index in [1.165, 1.54) is 19.3 Å². The zero-order valence-corrected chi connectivity index (χ0v) is 48.8. The number of hydrogen-bond acceptors (Lipinski definition) is 18. The fourth-order valence-corrected chi connectivity index (χ4v) is 11.1. The SMILES string of the molecule is CCCCCCCCOP(=O)(O)OP(=O)(O)OCCCC.CCCCCCCCOP(=O)(O)OP(=O)(O)OCCCC.CCCCCCCCOP(=O)(O)OP(=O)(O)OCCCC.OCCO.[O]=[Ti]. The number of aliphatic hydroxyl groups excluding tert-OH is 2. The molecule has 0 aliphatic carbocycles. The van der Waals surface area contributed by atoms with Crippen molar-refractivity contribution in [2.75, 3.05) is 52.9 Å². The molecule has 8 N–H and O–H groups in total. The molecule has 0 spiro atoms. The van der Waals surface area contributed by atoms with Crippen molar-refractivity contribution in [2.45, 2.75) is 196 Å². The van der Waals surface area contributed by atoms with E-state index >= 15 is 0 Å². The molecule has 0 amide bonds. The van der Waals surface area contributed by atoms with Gasteiger partial charge in [-0.2, -0.15) is 12.9 Å². The molecule has 6 unspecified atom stereocenters. The van der Waals surface area contributed by atoms with Gasteiger partial charge in [0.1, 0.15) is 0 Å². The summed E-state index contributed by atoms with van der Waals surface area (Å²) >= 11 is 0.750. The zero-order valence-electron chi connectivity index (χ0n) is 41.9.